The Morgan fingerprint density at radius 1 is 0.673 bits per heavy atom. The summed E-state index contributed by atoms with van der Waals surface area (Å²) in [6, 6.07) is -0.525. The molecule has 0 aliphatic rings. The van der Waals surface area contributed by atoms with Crippen LogP contribution in [0.25, 0.3) is 0 Å². The lowest BCUT2D eigenvalue weighted by atomic mass is 10.0. The lowest BCUT2D eigenvalue weighted by Crippen LogP contribution is -2.41. The van der Waals surface area contributed by atoms with E-state index >= 15 is 0 Å². The summed E-state index contributed by atoms with van der Waals surface area (Å²) < 4.78 is 29.5. The van der Waals surface area contributed by atoms with Crippen LogP contribution in [0.5, 0.6) is 0 Å². The zero-order chi connectivity index (χ0) is 38.6. The lowest BCUT2D eigenvalue weighted by molar-refractivity contribution is -0.870. The van der Waals surface area contributed by atoms with E-state index in [1.54, 1.807) is 0 Å². The number of hydrogen-bond acceptors (Lipinski definition) is 6. The lowest BCUT2D eigenvalue weighted by Gasteiger charge is -2.24. The predicted molar refractivity (Wildman–Crippen MR) is 219 cm³/mol. The third-order valence-electron chi connectivity index (χ3n) is 9.52. The van der Waals surface area contributed by atoms with Gasteiger partial charge in [0.05, 0.1) is 46.5 Å². The number of hydrogen-bond donors (Lipinski definition) is 3. The summed E-state index contributed by atoms with van der Waals surface area (Å²) in [6.45, 7) is 5.81. The maximum absolute atomic E-state index is 12.8. The van der Waals surface area contributed by atoms with Crippen molar-refractivity contribution in [3.05, 3.63) is 12.2 Å². The second-order valence-corrected chi connectivity index (χ2v) is 17.5. The van der Waals surface area contributed by atoms with Gasteiger partial charge in [0.1, 0.15) is 13.2 Å². The van der Waals surface area contributed by atoms with Gasteiger partial charge in [-0.15, -0.1) is 0 Å². The van der Waals surface area contributed by atoms with Crippen molar-refractivity contribution in [2.75, 3.05) is 54.1 Å². The number of phosphoric acid groups is 1. The van der Waals surface area contributed by atoms with E-state index in [1.807, 2.05) is 21.1 Å². The number of nitrogens with zero attached hydrogens (tertiary/aromatic N) is 1. The molecule has 0 radical (unpaired) electrons. The van der Waals surface area contributed by atoms with E-state index < -0.39 is 13.9 Å². The highest BCUT2D eigenvalue weighted by atomic mass is 31.2. The van der Waals surface area contributed by atoms with Crippen LogP contribution < -0.4 is 5.32 Å². The molecule has 3 atom stereocenters. The van der Waals surface area contributed by atoms with Gasteiger partial charge >= 0.3 is 7.82 Å². The number of aliphatic hydroxyl groups is 1. The van der Waals surface area contributed by atoms with Crippen molar-refractivity contribution in [3.63, 3.8) is 0 Å². The summed E-state index contributed by atoms with van der Waals surface area (Å²) in [5.41, 5.74) is 0. The first-order chi connectivity index (χ1) is 25.0. The third-order valence-corrected chi connectivity index (χ3v) is 10.5. The Labute approximate surface area is 321 Å². The largest absolute Gasteiger partial charge is 0.472 e. The molecule has 1 amide bonds. The molecule has 0 rings (SSSR count). The van der Waals surface area contributed by atoms with Gasteiger partial charge in [-0.05, 0) is 38.5 Å². The minimum atomic E-state index is -4.24. The number of rotatable bonds is 40. The molecule has 9 nitrogen and oxygen atoms in total. The van der Waals surface area contributed by atoms with Crippen LogP contribution in [0.1, 0.15) is 187 Å². The number of ether oxygens (including phenoxy) is 1. The van der Waals surface area contributed by atoms with E-state index in [9.17, 15) is 19.4 Å². The monoisotopic (exact) mass is 762 g/mol. The van der Waals surface area contributed by atoms with Gasteiger partial charge in [-0.25, -0.2) is 4.57 Å². The van der Waals surface area contributed by atoms with E-state index in [4.69, 9.17) is 13.8 Å². The van der Waals surface area contributed by atoms with Crippen LogP contribution in [-0.4, -0.2) is 86.7 Å². The van der Waals surface area contributed by atoms with Crippen molar-refractivity contribution >= 4 is 13.7 Å². The minimum Gasteiger partial charge on any atom is -0.393 e. The zero-order valence-corrected chi connectivity index (χ0v) is 35.7. The van der Waals surface area contributed by atoms with Crippen molar-refractivity contribution in [2.24, 2.45) is 0 Å². The molecule has 0 bridgehead atoms. The van der Waals surface area contributed by atoms with E-state index in [-0.39, 0.29) is 31.8 Å². The van der Waals surface area contributed by atoms with Crippen LogP contribution in [0, 0.1) is 0 Å². The molecule has 3 N–H and O–H groups in total. The average Bonchev–Trinajstić information content (AvgIpc) is 3.09. The summed E-state index contributed by atoms with van der Waals surface area (Å²) in [4.78, 5) is 23.0. The normalized spacial score (nSPS) is 14.5. The molecular formula is C42H86N2O7P+. The second kappa shape index (κ2) is 35.9. The molecule has 0 aromatic heterocycles. The van der Waals surface area contributed by atoms with Gasteiger partial charge < -0.3 is 24.5 Å². The predicted octanol–water partition coefficient (Wildman–Crippen LogP) is 10.8. The minimum absolute atomic E-state index is 0.0939. The highest BCUT2D eigenvalue weighted by Gasteiger charge is 2.25. The SMILES string of the molecule is CCCCCCCCCCCCCCCCOCC(COP(=O)(O)OCC[N+](C)(C)C)NC(=O)CCCCCCC/C=C\C[C@H](O)CCCCCC. The van der Waals surface area contributed by atoms with Crippen LogP contribution in [-0.2, 0) is 23.1 Å². The standard InChI is InChI=1S/C42H85N2O7P/c1-6-8-10-12-13-14-15-16-17-18-21-24-27-31-36-49-38-40(39-51-52(47,48)50-37-35-44(3,4)5)43-42(46)34-30-26-23-20-19-22-25-29-33-41(45)32-28-11-9-7-2/h25,29,40-41,45H,6-24,26-28,30-39H2,1-5H3,(H-,43,46,47,48)/p+1/b29-25-/t40?,41-/m1/s1. The zero-order valence-electron chi connectivity index (χ0n) is 34.8. The Bertz CT molecular complexity index is 868. The Balaban J connectivity index is 4.29. The Morgan fingerprint density at radius 2 is 1.19 bits per heavy atom. The van der Waals surface area contributed by atoms with E-state index in [0.717, 1.165) is 70.6 Å². The van der Waals surface area contributed by atoms with Crippen LogP contribution in [0.2, 0.25) is 0 Å². The van der Waals surface area contributed by atoms with Crippen LogP contribution in [0.15, 0.2) is 12.2 Å². The van der Waals surface area contributed by atoms with E-state index in [0.29, 0.717) is 24.1 Å². The first kappa shape index (κ1) is 51.2. The number of phosphoric ester groups is 1. The van der Waals surface area contributed by atoms with Crippen molar-refractivity contribution in [3.8, 4) is 0 Å². The highest BCUT2D eigenvalue weighted by molar-refractivity contribution is 7.47. The molecule has 0 aliphatic carbocycles. The van der Waals surface area contributed by atoms with Crippen LogP contribution in [0.3, 0.4) is 0 Å². The first-order valence-electron chi connectivity index (χ1n) is 21.6. The summed E-state index contributed by atoms with van der Waals surface area (Å²) in [5, 5.41) is 13.0. The molecule has 2 unspecified atom stereocenters. The van der Waals surface area contributed by atoms with Gasteiger partial charge in [-0.2, -0.15) is 0 Å². The summed E-state index contributed by atoms with van der Waals surface area (Å²) in [6.07, 6.45) is 35.3. The number of carbonyl (C=O) groups is 1. The Morgan fingerprint density at radius 3 is 1.77 bits per heavy atom. The van der Waals surface area contributed by atoms with Gasteiger partial charge in [-0.3, -0.25) is 13.8 Å². The number of unbranched alkanes of at least 4 members (excludes halogenated alkanes) is 21. The van der Waals surface area contributed by atoms with Gasteiger partial charge in [-0.1, -0.05) is 154 Å². The molecule has 52 heavy (non-hydrogen) atoms. The van der Waals surface area contributed by atoms with Crippen LogP contribution >= 0.6 is 7.82 Å². The fourth-order valence-corrected chi connectivity index (χ4v) is 6.84. The number of carbonyl (C=O) groups excluding carboxylic acids is 1. The first-order valence-corrected chi connectivity index (χ1v) is 23.1. The molecule has 0 aliphatic heterocycles. The molecule has 310 valence electrons. The quantitative estimate of drug-likeness (QED) is 0.0246. The molecule has 0 saturated carbocycles. The smallest absolute Gasteiger partial charge is 0.393 e. The summed E-state index contributed by atoms with van der Waals surface area (Å²) in [5.74, 6) is -0.0939. The molecule has 0 aromatic rings. The molecule has 0 aromatic carbocycles. The molecule has 0 heterocycles. The topological polar surface area (TPSA) is 114 Å². The Hall–Kier alpha value is -0.800. The molecule has 10 heteroatoms. The number of nitrogens with one attached hydrogen (secondary N) is 1. The van der Waals surface area contributed by atoms with E-state index in [2.05, 4.69) is 31.3 Å². The summed E-state index contributed by atoms with van der Waals surface area (Å²) in [7, 11) is 1.70. The van der Waals surface area contributed by atoms with Gasteiger partial charge in [0, 0.05) is 13.0 Å². The van der Waals surface area contributed by atoms with Crippen molar-refractivity contribution in [1.29, 1.82) is 0 Å². The average molecular weight is 762 g/mol. The number of allylic oxidation sites excluding steroid dienone is 1. The summed E-state index contributed by atoms with van der Waals surface area (Å²) >= 11 is 0. The maximum Gasteiger partial charge on any atom is 0.472 e. The molecular weight excluding hydrogens is 675 g/mol. The van der Waals surface area contributed by atoms with Crippen molar-refractivity contribution in [2.45, 2.75) is 199 Å². The number of aliphatic hydroxyl groups excluding tert-OH is 1. The highest BCUT2D eigenvalue weighted by Crippen LogP contribution is 2.43. The Kier molecular flexibility index (Phi) is 35.3. The van der Waals surface area contributed by atoms with Gasteiger partial charge in [0.15, 0.2) is 0 Å². The van der Waals surface area contributed by atoms with Gasteiger partial charge in [0.25, 0.3) is 0 Å². The fraction of sp³-hybridized carbons (Fsp3) is 0.929. The van der Waals surface area contributed by atoms with Crippen molar-refractivity contribution < 1.29 is 37.6 Å². The van der Waals surface area contributed by atoms with Crippen molar-refractivity contribution in [1.82, 2.24) is 5.32 Å². The number of quaternary nitrogens is 1. The van der Waals surface area contributed by atoms with E-state index in [1.165, 1.54) is 96.3 Å². The molecule has 0 saturated heterocycles. The molecule has 0 fully saturated rings. The third kappa shape index (κ3) is 38.9. The molecule has 0 spiro atoms. The van der Waals surface area contributed by atoms with Crippen LogP contribution in [0.4, 0.5) is 0 Å². The fourth-order valence-electron chi connectivity index (χ4n) is 6.08. The van der Waals surface area contributed by atoms with Gasteiger partial charge in [0.2, 0.25) is 5.91 Å². The maximum atomic E-state index is 12.8. The number of likely N-dealkylation sites (N-methyl/N-ethyl adjacent to an activating group) is 1. The number of amides is 1. The second-order valence-electron chi connectivity index (χ2n) is 16.1.